The minimum absolute atomic E-state index is 0.0945. The molecule has 4 rings (SSSR count). The van der Waals surface area contributed by atoms with Crippen LogP contribution in [0.5, 0.6) is 0 Å². The quantitative estimate of drug-likeness (QED) is 0.782. The van der Waals surface area contributed by atoms with E-state index >= 15 is 0 Å². The molecule has 29 heavy (non-hydrogen) atoms. The molecule has 1 saturated heterocycles. The van der Waals surface area contributed by atoms with E-state index in [0.717, 1.165) is 37.7 Å². The lowest BCUT2D eigenvalue weighted by atomic mass is 9.93. The molecule has 0 radical (unpaired) electrons. The number of anilines is 1. The Hall–Kier alpha value is -3.22. The first-order valence-electron chi connectivity index (χ1n) is 10.0. The van der Waals surface area contributed by atoms with Gasteiger partial charge < -0.3 is 16.0 Å². The summed E-state index contributed by atoms with van der Waals surface area (Å²) in [6, 6.07) is 7.78. The molecule has 1 aromatic carbocycles. The maximum absolute atomic E-state index is 12.9. The zero-order valence-electron chi connectivity index (χ0n) is 16.2. The number of carbonyl (C=O) groups excluding carboxylic acids is 3. The number of aryl methyl sites for hydroxylation is 2. The Morgan fingerprint density at radius 1 is 1.03 bits per heavy atom. The fourth-order valence-corrected chi connectivity index (χ4v) is 4.28. The van der Waals surface area contributed by atoms with E-state index in [1.54, 1.807) is 4.90 Å². The first kappa shape index (κ1) is 19.1. The molecular formula is C22H24N4O3. The van der Waals surface area contributed by atoms with Crippen molar-refractivity contribution in [2.45, 2.75) is 44.6 Å². The second-order valence-electron chi connectivity index (χ2n) is 7.67. The highest BCUT2D eigenvalue weighted by Gasteiger charge is 2.32. The molecule has 0 spiro atoms. The van der Waals surface area contributed by atoms with Crippen LogP contribution >= 0.6 is 0 Å². The van der Waals surface area contributed by atoms with Crippen LogP contribution in [0.25, 0.3) is 0 Å². The molecular weight excluding hydrogens is 368 g/mol. The number of nitrogens with zero attached hydrogens (tertiary/aromatic N) is 2. The number of likely N-dealkylation sites (tertiary alicyclic amines) is 1. The van der Waals surface area contributed by atoms with Crippen molar-refractivity contribution < 1.29 is 14.4 Å². The molecule has 1 atom stereocenters. The third-order valence-electron chi connectivity index (χ3n) is 5.75. The summed E-state index contributed by atoms with van der Waals surface area (Å²) >= 11 is 0. The van der Waals surface area contributed by atoms with Crippen molar-refractivity contribution in [2.24, 2.45) is 5.73 Å². The summed E-state index contributed by atoms with van der Waals surface area (Å²) < 4.78 is 0. The van der Waals surface area contributed by atoms with Gasteiger partial charge in [-0.05, 0) is 61.3 Å². The molecule has 1 fully saturated rings. The zero-order chi connectivity index (χ0) is 20.4. The normalized spacial score (nSPS) is 18.2. The Morgan fingerprint density at radius 2 is 1.86 bits per heavy atom. The highest BCUT2D eigenvalue weighted by atomic mass is 16.2. The number of nitrogens with one attached hydrogen (secondary N) is 1. The third-order valence-corrected chi connectivity index (χ3v) is 5.75. The highest BCUT2D eigenvalue weighted by molar-refractivity contribution is 6.39. The standard InChI is InChI=1S/C22H24N4O3/c23-20(27)17-11-18(13-24-12-17)25-21(28)22(29)26-9-2-1-6-19(26)16-8-7-14-4-3-5-15(14)10-16/h7-8,10-13,19H,1-6,9H2,(H2,23,27)(H,25,28)/t19-/m0/s1. The van der Waals surface area contributed by atoms with Crippen LogP contribution in [-0.4, -0.2) is 34.2 Å². The van der Waals surface area contributed by atoms with Gasteiger partial charge in [-0.1, -0.05) is 18.2 Å². The molecule has 3 N–H and O–H groups in total. The number of aromatic nitrogens is 1. The van der Waals surface area contributed by atoms with Gasteiger partial charge in [0.2, 0.25) is 5.91 Å². The Kier molecular flexibility index (Phi) is 5.29. The summed E-state index contributed by atoms with van der Waals surface area (Å²) in [4.78, 5) is 42.4. The van der Waals surface area contributed by atoms with Gasteiger partial charge in [-0.25, -0.2) is 0 Å². The molecule has 0 bridgehead atoms. The van der Waals surface area contributed by atoms with Crippen molar-refractivity contribution in [2.75, 3.05) is 11.9 Å². The fraction of sp³-hybridized carbons (Fsp3) is 0.364. The number of carbonyl (C=O) groups is 3. The predicted molar refractivity (Wildman–Crippen MR) is 108 cm³/mol. The lowest BCUT2D eigenvalue weighted by Gasteiger charge is -2.35. The molecule has 150 valence electrons. The number of rotatable bonds is 3. The molecule has 7 heteroatoms. The highest BCUT2D eigenvalue weighted by Crippen LogP contribution is 2.34. The van der Waals surface area contributed by atoms with E-state index in [0.29, 0.717) is 6.54 Å². The predicted octanol–water partition coefficient (Wildman–Crippen LogP) is 2.36. The van der Waals surface area contributed by atoms with Gasteiger partial charge in [0, 0.05) is 12.7 Å². The van der Waals surface area contributed by atoms with Gasteiger partial charge >= 0.3 is 11.8 Å². The van der Waals surface area contributed by atoms with Crippen LogP contribution in [0.15, 0.2) is 36.7 Å². The maximum Gasteiger partial charge on any atom is 0.313 e. The summed E-state index contributed by atoms with van der Waals surface area (Å²) in [6.07, 6.45) is 8.80. The first-order chi connectivity index (χ1) is 14.0. The number of hydrogen-bond acceptors (Lipinski definition) is 4. The van der Waals surface area contributed by atoms with E-state index in [9.17, 15) is 14.4 Å². The monoisotopic (exact) mass is 392 g/mol. The number of fused-ring (bicyclic) bond motifs is 1. The van der Waals surface area contributed by atoms with E-state index in [-0.39, 0.29) is 17.3 Å². The average Bonchev–Trinajstić information content (AvgIpc) is 3.21. The van der Waals surface area contributed by atoms with Gasteiger partial charge in [0.1, 0.15) is 0 Å². The number of pyridine rings is 1. The zero-order valence-corrected chi connectivity index (χ0v) is 16.2. The molecule has 0 unspecified atom stereocenters. The smallest absolute Gasteiger partial charge is 0.313 e. The van der Waals surface area contributed by atoms with E-state index < -0.39 is 17.7 Å². The lowest BCUT2D eigenvalue weighted by Crippen LogP contribution is -2.44. The molecule has 2 heterocycles. The van der Waals surface area contributed by atoms with Crippen LogP contribution in [0.3, 0.4) is 0 Å². The van der Waals surface area contributed by atoms with Gasteiger partial charge in [0.05, 0.1) is 23.5 Å². The molecule has 0 saturated carbocycles. The van der Waals surface area contributed by atoms with E-state index in [4.69, 9.17) is 5.73 Å². The number of hydrogen-bond donors (Lipinski definition) is 2. The summed E-state index contributed by atoms with van der Waals surface area (Å²) in [5, 5.41) is 2.55. The van der Waals surface area contributed by atoms with E-state index in [1.165, 1.54) is 36.0 Å². The molecule has 7 nitrogen and oxygen atoms in total. The summed E-state index contributed by atoms with van der Waals surface area (Å²) in [5.41, 5.74) is 9.54. The number of nitrogens with two attached hydrogens (primary N) is 1. The Labute approximate surface area is 169 Å². The van der Waals surface area contributed by atoms with Gasteiger partial charge in [-0.3, -0.25) is 19.4 Å². The van der Waals surface area contributed by atoms with Crippen LogP contribution in [0.1, 0.15) is 58.8 Å². The van der Waals surface area contributed by atoms with Crippen molar-refractivity contribution in [1.82, 2.24) is 9.88 Å². The SMILES string of the molecule is NC(=O)c1cncc(NC(=O)C(=O)N2CCCC[C@H]2c2ccc3c(c2)CCC3)c1. The van der Waals surface area contributed by atoms with Crippen LogP contribution in [0.2, 0.25) is 0 Å². The Morgan fingerprint density at radius 3 is 2.69 bits per heavy atom. The number of amides is 3. The molecule has 3 amide bonds. The maximum atomic E-state index is 12.9. The second-order valence-corrected chi connectivity index (χ2v) is 7.67. The van der Waals surface area contributed by atoms with Crippen molar-refractivity contribution in [1.29, 1.82) is 0 Å². The fourth-order valence-electron chi connectivity index (χ4n) is 4.28. The molecule has 1 aliphatic heterocycles. The number of benzene rings is 1. The van der Waals surface area contributed by atoms with Gasteiger partial charge in [0.25, 0.3) is 0 Å². The van der Waals surface area contributed by atoms with E-state index in [1.807, 2.05) is 0 Å². The van der Waals surface area contributed by atoms with Crippen molar-refractivity contribution in [3.63, 3.8) is 0 Å². The topological polar surface area (TPSA) is 105 Å². The summed E-state index contributed by atoms with van der Waals surface area (Å²) in [7, 11) is 0. The van der Waals surface area contributed by atoms with Crippen LogP contribution in [0, 0.1) is 0 Å². The first-order valence-corrected chi connectivity index (χ1v) is 10.0. The Balaban J connectivity index is 1.52. The molecule has 2 aromatic rings. The van der Waals surface area contributed by atoms with Crippen molar-refractivity contribution in [3.8, 4) is 0 Å². The third kappa shape index (κ3) is 3.99. The summed E-state index contributed by atoms with van der Waals surface area (Å²) in [5.74, 6) is -1.95. The van der Waals surface area contributed by atoms with Gasteiger partial charge in [-0.2, -0.15) is 0 Å². The minimum atomic E-state index is -0.735. The van der Waals surface area contributed by atoms with Crippen molar-refractivity contribution >= 4 is 23.4 Å². The lowest BCUT2D eigenvalue weighted by molar-refractivity contribution is -0.145. The largest absolute Gasteiger partial charge is 0.366 e. The second kappa shape index (κ2) is 8.03. The minimum Gasteiger partial charge on any atom is -0.366 e. The molecule has 2 aliphatic rings. The van der Waals surface area contributed by atoms with Gasteiger partial charge in [-0.15, -0.1) is 0 Å². The molecule has 1 aromatic heterocycles. The van der Waals surface area contributed by atoms with Crippen LogP contribution in [-0.2, 0) is 22.4 Å². The number of primary amides is 1. The van der Waals surface area contributed by atoms with Gasteiger partial charge in [0.15, 0.2) is 0 Å². The van der Waals surface area contributed by atoms with Crippen LogP contribution < -0.4 is 11.1 Å². The van der Waals surface area contributed by atoms with Crippen LogP contribution in [0.4, 0.5) is 5.69 Å². The molecule has 1 aliphatic carbocycles. The average molecular weight is 392 g/mol. The summed E-state index contributed by atoms with van der Waals surface area (Å²) in [6.45, 7) is 0.549. The van der Waals surface area contributed by atoms with Crippen molar-refractivity contribution in [3.05, 3.63) is 58.9 Å². The van der Waals surface area contributed by atoms with E-state index in [2.05, 4.69) is 28.5 Å². The number of piperidine rings is 1. The Bertz CT molecular complexity index is 972.